The predicted octanol–water partition coefficient (Wildman–Crippen LogP) is 3.96. The third kappa shape index (κ3) is 4.14. The van der Waals surface area contributed by atoms with Crippen molar-refractivity contribution in [3.05, 3.63) is 54.0 Å². The molecule has 1 N–H and O–H groups in total. The minimum absolute atomic E-state index is 0.255. The van der Waals surface area contributed by atoms with Crippen LogP contribution in [0.2, 0.25) is 0 Å². The minimum Gasteiger partial charge on any atom is -0.494 e. The number of furan rings is 1. The van der Waals surface area contributed by atoms with Crippen LogP contribution in [0.15, 0.2) is 47.1 Å². The zero-order chi connectivity index (χ0) is 14.2. The molecule has 108 valence electrons. The Morgan fingerprint density at radius 1 is 1.20 bits per heavy atom. The summed E-state index contributed by atoms with van der Waals surface area (Å²) in [4.78, 5) is 0. The molecular formula is C17H23NO2. The van der Waals surface area contributed by atoms with Crippen LogP contribution in [0.25, 0.3) is 0 Å². The van der Waals surface area contributed by atoms with Gasteiger partial charge in [0.05, 0.1) is 12.9 Å². The summed E-state index contributed by atoms with van der Waals surface area (Å²) in [5, 5.41) is 3.33. The number of ether oxygens (including phenoxy) is 1. The summed E-state index contributed by atoms with van der Waals surface area (Å²) in [5.41, 5.74) is 1.24. The van der Waals surface area contributed by atoms with Crippen LogP contribution in [0.5, 0.6) is 5.75 Å². The van der Waals surface area contributed by atoms with Gasteiger partial charge in [0, 0.05) is 12.5 Å². The van der Waals surface area contributed by atoms with E-state index in [-0.39, 0.29) is 6.04 Å². The second-order valence-corrected chi connectivity index (χ2v) is 4.90. The summed E-state index contributed by atoms with van der Waals surface area (Å²) in [6, 6.07) is 12.5. The summed E-state index contributed by atoms with van der Waals surface area (Å²) in [6.07, 6.45) is 4.81. The van der Waals surface area contributed by atoms with E-state index >= 15 is 0 Å². The standard InChI is InChI=1S/C17H23NO2/c1-3-4-11-19-15-9-7-14(8-10-15)17(18-2)13-16-6-5-12-20-16/h5-10,12,17-18H,3-4,11,13H2,1-2H3. The van der Waals surface area contributed by atoms with Gasteiger partial charge in [0.2, 0.25) is 0 Å². The SMILES string of the molecule is CCCCOc1ccc(C(Cc2ccco2)NC)cc1. The number of rotatable bonds is 8. The van der Waals surface area contributed by atoms with Crippen molar-refractivity contribution in [2.45, 2.75) is 32.2 Å². The van der Waals surface area contributed by atoms with E-state index in [0.717, 1.165) is 37.4 Å². The van der Waals surface area contributed by atoms with Gasteiger partial charge in [-0.3, -0.25) is 0 Å². The fraction of sp³-hybridized carbons (Fsp3) is 0.412. The quantitative estimate of drug-likeness (QED) is 0.739. The van der Waals surface area contributed by atoms with Gasteiger partial charge in [-0.05, 0) is 43.3 Å². The largest absolute Gasteiger partial charge is 0.494 e. The molecule has 0 radical (unpaired) electrons. The van der Waals surface area contributed by atoms with Crippen molar-refractivity contribution in [2.75, 3.05) is 13.7 Å². The normalized spacial score (nSPS) is 12.3. The van der Waals surface area contributed by atoms with Crippen LogP contribution in [0.1, 0.15) is 37.1 Å². The van der Waals surface area contributed by atoms with Crippen LogP contribution in [-0.2, 0) is 6.42 Å². The first kappa shape index (κ1) is 14.7. The zero-order valence-corrected chi connectivity index (χ0v) is 12.3. The molecule has 0 saturated heterocycles. The Morgan fingerprint density at radius 3 is 2.60 bits per heavy atom. The molecule has 2 aromatic rings. The molecule has 1 aromatic heterocycles. The first-order valence-electron chi connectivity index (χ1n) is 7.26. The fourth-order valence-corrected chi connectivity index (χ4v) is 2.15. The Hall–Kier alpha value is -1.74. The Morgan fingerprint density at radius 2 is 2.00 bits per heavy atom. The molecule has 2 rings (SSSR count). The van der Waals surface area contributed by atoms with Crippen molar-refractivity contribution in [3.63, 3.8) is 0 Å². The molecular weight excluding hydrogens is 250 g/mol. The Kier molecular flexibility index (Phi) is 5.69. The van der Waals surface area contributed by atoms with Crippen molar-refractivity contribution >= 4 is 0 Å². The van der Waals surface area contributed by atoms with Gasteiger partial charge in [0.25, 0.3) is 0 Å². The van der Waals surface area contributed by atoms with E-state index in [9.17, 15) is 0 Å². The molecule has 0 aliphatic heterocycles. The zero-order valence-electron chi connectivity index (χ0n) is 12.3. The lowest BCUT2D eigenvalue weighted by Gasteiger charge is -2.16. The highest BCUT2D eigenvalue weighted by Crippen LogP contribution is 2.21. The van der Waals surface area contributed by atoms with E-state index in [4.69, 9.17) is 9.15 Å². The van der Waals surface area contributed by atoms with Gasteiger partial charge in [-0.1, -0.05) is 25.5 Å². The van der Waals surface area contributed by atoms with Crippen LogP contribution in [-0.4, -0.2) is 13.7 Å². The Labute approximate surface area is 121 Å². The average molecular weight is 273 g/mol. The van der Waals surface area contributed by atoms with Crippen molar-refractivity contribution in [3.8, 4) is 5.75 Å². The monoisotopic (exact) mass is 273 g/mol. The highest BCUT2D eigenvalue weighted by Gasteiger charge is 2.11. The Bertz CT molecular complexity index is 476. The van der Waals surface area contributed by atoms with Gasteiger partial charge in [-0.2, -0.15) is 0 Å². The van der Waals surface area contributed by atoms with Crippen molar-refractivity contribution in [1.82, 2.24) is 5.32 Å². The second-order valence-electron chi connectivity index (χ2n) is 4.90. The molecule has 0 aliphatic rings. The van der Waals surface area contributed by atoms with E-state index in [1.807, 2.05) is 31.3 Å². The summed E-state index contributed by atoms with van der Waals surface area (Å²) in [7, 11) is 1.97. The summed E-state index contributed by atoms with van der Waals surface area (Å²) in [6.45, 7) is 2.95. The molecule has 1 aromatic carbocycles. The first-order valence-corrected chi connectivity index (χ1v) is 7.26. The lowest BCUT2D eigenvalue weighted by Crippen LogP contribution is -2.18. The van der Waals surface area contributed by atoms with E-state index in [1.165, 1.54) is 5.56 Å². The van der Waals surface area contributed by atoms with Gasteiger partial charge in [0.1, 0.15) is 11.5 Å². The van der Waals surface area contributed by atoms with Crippen LogP contribution < -0.4 is 10.1 Å². The van der Waals surface area contributed by atoms with Crippen molar-refractivity contribution in [2.24, 2.45) is 0 Å². The highest BCUT2D eigenvalue weighted by molar-refractivity contribution is 5.29. The third-order valence-corrected chi connectivity index (χ3v) is 3.38. The molecule has 3 nitrogen and oxygen atoms in total. The molecule has 0 aliphatic carbocycles. The number of hydrogen-bond donors (Lipinski definition) is 1. The summed E-state index contributed by atoms with van der Waals surface area (Å²) >= 11 is 0. The Balaban J connectivity index is 1.96. The number of hydrogen-bond acceptors (Lipinski definition) is 3. The van der Waals surface area contributed by atoms with Crippen molar-refractivity contribution < 1.29 is 9.15 Å². The molecule has 0 fully saturated rings. The first-order chi connectivity index (χ1) is 9.83. The number of likely N-dealkylation sites (N-methyl/N-ethyl adjacent to an activating group) is 1. The predicted molar refractivity (Wildman–Crippen MR) is 81.1 cm³/mol. The lowest BCUT2D eigenvalue weighted by molar-refractivity contribution is 0.309. The van der Waals surface area contributed by atoms with E-state index < -0.39 is 0 Å². The molecule has 1 atom stereocenters. The van der Waals surface area contributed by atoms with E-state index in [1.54, 1.807) is 6.26 Å². The van der Waals surface area contributed by atoms with E-state index in [2.05, 4.69) is 24.4 Å². The smallest absolute Gasteiger partial charge is 0.119 e. The number of unbranched alkanes of at least 4 members (excludes halogenated alkanes) is 1. The number of nitrogens with one attached hydrogen (secondary N) is 1. The molecule has 0 spiro atoms. The molecule has 1 unspecified atom stereocenters. The van der Waals surface area contributed by atoms with Crippen LogP contribution in [0.3, 0.4) is 0 Å². The van der Waals surface area contributed by atoms with Crippen molar-refractivity contribution in [1.29, 1.82) is 0 Å². The molecule has 1 heterocycles. The van der Waals surface area contributed by atoms with Gasteiger partial charge >= 0.3 is 0 Å². The highest BCUT2D eigenvalue weighted by atomic mass is 16.5. The minimum atomic E-state index is 0.255. The molecule has 0 amide bonds. The maximum Gasteiger partial charge on any atom is 0.119 e. The molecule has 20 heavy (non-hydrogen) atoms. The molecule has 0 bridgehead atoms. The second kappa shape index (κ2) is 7.75. The molecule has 0 saturated carbocycles. The number of benzene rings is 1. The van der Waals surface area contributed by atoms with Gasteiger partial charge in [-0.15, -0.1) is 0 Å². The lowest BCUT2D eigenvalue weighted by atomic mass is 10.0. The van der Waals surface area contributed by atoms with Gasteiger partial charge in [0.15, 0.2) is 0 Å². The van der Waals surface area contributed by atoms with Crippen LogP contribution in [0, 0.1) is 0 Å². The van der Waals surface area contributed by atoms with Gasteiger partial charge in [-0.25, -0.2) is 0 Å². The molecule has 3 heteroatoms. The van der Waals surface area contributed by atoms with Crippen LogP contribution in [0.4, 0.5) is 0 Å². The topological polar surface area (TPSA) is 34.4 Å². The third-order valence-electron chi connectivity index (χ3n) is 3.38. The summed E-state index contributed by atoms with van der Waals surface area (Å²) in [5.74, 6) is 1.93. The van der Waals surface area contributed by atoms with E-state index in [0.29, 0.717) is 0 Å². The maximum absolute atomic E-state index is 5.68. The summed E-state index contributed by atoms with van der Waals surface area (Å²) < 4.78 is 11.1. The van der Waals surface area contributed by atoms with Crippen LogP contribution >= 0.6 is 0 Å². The average Bonchev–Trinajstić information content (AvgIpc) is 2.99. The fourth-order valence-electron chi connectivity index (χ4n) is 2.15. The maximum atomic E-state index is 5.68. The van der Waals surface area contributed by atoms with Gasteiger partial charge < -0.3 is 14.5 Å².